The van der Waals surface area contributed by atoms with E-state index in [0.717, 1.165) is 24.0 Å². The molecule has 1 aromatic carbocycles. The summed E-state index contributed by atoms with van der Waals surface area (Å²) in [4.78, 5) is 10.6. The van der Waals surface area contributed by atoms with Gasteiger partial charge in [-0.2, -0.15) is 0 Å². The molecule has 98 valence electrons. The number of amides is 1. The van der Waals surface area contributed by atoms with E-state index in [-0.39, 0.29) is 12.5 Å². The molecule has 3 N–H and O–H groups in total. The van der Waals surface area contributed by atoms with Gasteiger partial charge < -0.3 is 15.8 Å². The summed E-state index contributed by atoms with van der Waals surface area (Å²) in [5.41, 5.74) is 5.94. The zero-order valence-electron chi connectivity index (χ0n) is 10.5. The number of ether oxygens (including phenoxy) is 1. The summed E-state index contributed by atoms with van der Waals surface area (Å²) in [6, 6.07) is 7.62. The van der Waals surface area contributed by atoms with Gasteiger partial charge in [0.2, 0.25) is 5.91 Å². The van der Waals surface area contributed by atoms with E-state index >= 15 is 0 Å². The van der Waals surface area contributed by atoms with Crippen molar-refractivity contribution in [1.82, 2.24) is 0 Å². The van der Waals surface area contributed by atoms with Crippen molar-refractivity contribution in [3.05, 3.63) is 24.3 Å². The Balaban J connectivity index is 1.77. The van der Waals surface area contributed by atoms with Crippen LogP contribution in [0.3, 0.4) is 0 Å². The summed E-state index contributed by atoms with van der Waals surface area (Å²) in [5.74, 6) is 1.24. The molecule has 4 heteroatoms. The van der Waals surface area contributed by atoms with E-state index in [1.54, 1.807) is 0 Å². The van der Waals surface area contributed by atoms with Gasteiger partial charge in [-0.1, -0.05) is 12.8 Å². The molecule has 0 atom stereocenters. The first-order valence-corrected chi connectivity index (χ1v) is 6.49. The molecule has 1 aromatic rings. The quantitative estimate of drug-likeness (QED) is 0.810. The van der Waals surface area contributed by atoms with Gasteiger partial charge in [-0.15, -0.1) is 0 Å². The van der Waals surface area contributed by atoms with Crippen LogP contribution in [0.5, 0.6) is 5.75 Å². The van der Waals surface area contributed by atoms with Crippen molar-refractivity contribution in [1.29, 1.82) is 0 Å². The number of benzene rings is 1. The second-order valence-corrected chi connectivity index (χ2v) is 4.81. The minimum atomic E-state index is -0.364. The van der Waals surface area contributed by atoms with Gasteiger partial charge >= 0.3 is 0 Å². The number of hydrogen-bond acceptors (Lipinski definition) is 3. The third-order valence-corrected chi connectivity index (χ3v) is 3.28. The highest BCUT2D eigenvalue weighted by molar-refractivity contribution is 5.78. The minimum absolute atomic E-state index is 0.155. The average Bonchev–Trinajstić information content (AvgIpc) is 2.88. The Labute approximate surface area is 108 Å². The molecule has 0 heterocycles. The third-order valence-electron chi connectivity index (χ3n) is 3.28. The Morgan fingerprint density at radius 3 is 2.56 bits per heavy atom. The molecule has 0 bridgehead atoms. The Bertz CT molecular complexity index is 383. The predicted octanol–water partition coefficient (Wildman–Crippen LogP) is 2.15. The SMILES string of the molecule is NC(=O)CNc1ccc(OCC2CCCC2)cc1. The fourth-order valence-corrected chi connectivity index (χ4v) is 2.25. The van der Waals surface area contributed by atoms with Crippen molar-refractivity contribution >= 4 is 11.6 Å². The largest absolute Gasteiger partial charge is 0.493 e. The van der Waals surface area contributed by atoms with Crippen molar-refractivity contribution in [3.8, 4) is 5.75 Å². The van der Waals surface area contributed by atoms with Crippen LogP contribution in [0.15, 0.2) is 24.3 Å². The van der Waals surface area contributed by atoms with E-state index in [4.69, 9.17) is 10.5 Å². The van der Waals surface area contributed by atoms with E-state index in [1.807, 2.05) is 24.3 Å². The van der Waals surface area contributed by atoms with Crippen molar-refractivity contribution in [2.45, 2.75) is 25.7 Å². The van der Waals surface area contributed by atoms with Crippen molar-refractivity contribution < 1.29 is 9.53 Å². The summed E-state index contributed by atoms with van der Waals surface area (Å²) in [6.45, 7) is 0.969. The first-order valence-electron chi connectivity index (χ1n) is 6.49. The van der Waals surface area contributed by atoms with Crippen LogP contribution in [-0.2, 0) is 4.79 Å². The van der Waals surface area contributed by atoms with E-state index in [9.17, 15) is 4.79 Å². The van der Waals surface area contributed by atoms with E-state index in [1.165, 1.54) is 25.7 Å². The maximum Gasteiger partial charge on any atom is 0.236 e. The monoisotopic (exact) mass is 248 g/mol. The van der Waals surface area contributed by atoms with E-state index in [2.05, 4.69) is 5.32 Å². The van der Waals surface area contributed by atoms with Crippen LogP contribution in [0.2, 0.25) is 0 Å². The summed E-state index contributed by atoms with van der Waals surface area (Å²) in [5, 5.41) is 2.94. The van der Waals surface area contributed by atoms with Crippen LogP contribution in [-0.4, -0.2) is 19.1 Å². The zero-order valence-corrected chi connectivity index (χ0v) is 10.5. The number of anilines is 1. The second-order valence-electron chi connectivity index (χ2n) is 4.81. The molecule has 0 radical (unpaired) electrons. The van der Waals surface area contributed by atoms with E-state index in [0.29, 0.717) is 0 Å². The van der Waals surface area contributed by atoms with Crippen LogP contribution in [0.4, 0.5) is 5.69 Å². The highest BCUT2D eigenvalue weighted by Crippen LogP contribution is 2.25. The first-order chi connectivity index (χ1) is 8.74. The fourth-order valence-electron chi connectivity index (χ4n) is 2.25. The number of carbonyl (C=O) groups is 1. The normalized spacial score (nSPS) is 15.6. The van der Waals surface area contributed by atoms with Crippen LogP contribution in [0, 0.1) is 5.92 Å². The summed E-state index contributed by atoms with van der Waals surface area (Å²) in [6.07, 6.45) is 5.25. The van der Waals surface area contributed by atoms with E-state index < -0.39 is 0 Å². The maximum atomic E-state index is 10.6. The molecule has 0 aliphatic heterocycles. The number of hydrogen-bond donors (Lipinski definition) is 2. The third kappa shape index (κ3) is 3.95. The van der Waals surface area contributed by atoms with Crippen molar-refractivity contribution in [2.24, 2.45) is 11.7 Å². The van der Waals surface area contributed by atoms with Crippen LogP contribution >= 0.6 is 0 Å². The number of nitrogens with two attached hydrogens (primary N) is 1. The zero-order chi connectivity index (χ0) is 12.8. The van der Waals surface area contributed by atoms with Crippen molar-refractivity contribution in [3.63, 3.8) is 0 Å². The molecule has 2 rings (SSSR count). The Morgan fingerprint density at radius 1 is 1.28 bits per heavy atom. The molecule has 1 saturated carbocycles. The number of nitrogens with one attached hydrogen (secondary N) is 1. The molecule has 0 saturated heterocycles. The highest BCUT2D eigenvalue weighted by atomic mass is 16.5. The molecule has 1 aliphatic rings. The molecule has 1 aliphatic carbocycles. The van der Waals surface area contributed by atoms with Gasteiger partial charge in [-0.25, -0.2) is 0 Å². The summed E-state index contributed by atoms with van der Waals surface area (Å²) >= 11 is 0. The van der Waals surface area contributed by atoms with Gasteiger partial charge in [0.1, 0.15) is 5.75 Å². The molecule has 18 heavy (non-hydrogen) atoms. The molecule has 0 unspecified atom stereocenters. The van der Waals surface area contributed by atoms with Gasteiger partial charge in [0, 0.05) is 5.69 Å². The lowest BCUT2D eigenvalue weighted by Gasteiger charge is -2.12. The molecular formula is C14H20N2O2. The Hall–Kier alpha value is -1.71. The maximum absolute atomic E-state index is 10.6. The lowest BCUT2D eigenvalue weighted by atomic mass is 10.1. The Kier molecular flexibility index (Phi) is 4.45. The lowest BCUT2D eigenvalue weighted by molar-refractivity contribution is -0.116. The number of rotatable bonds is 6. The molecule has 0 spiro atoms. The molecule has 0 aromatic heterocycles. The van der Waals surface area contributed by atoms with Crippen LogP contribution in [0.25, 0.3) is 0 Å². The molecule has 1 amide bonds. The van der Waals surface area contributed by atoms with Gasteiger partial charge in [0.25, 0.3) is 0 Å². The average molecular weight is 248 g/mol. The summed E-state index contributed by atoms with van der Waals surface area (Å²) < 4.78 is 5.75. The number of carbonyl (C=O) groups excluding carboxylic acids is 1. The molecule has 4 nitrogen and oxygen atoms in total. The highest BCUT2D eigenvalue weighted by Gasteiger charge is 2.15. The predicted molar refractivity (Wildman–Crippen MR) is 71.6 cm³/mol. The second kappa shape index (κ2) is 6.28. The topological polar surface area (TPSA) is 64.4 Å². The van der Waals surface area contributed by atoms with Gasteiger partial charge in [0.05, 0.1) is 13.2 Å². The van der Waals surface area contributed by atoms with Crippen LogP contribution < -0.4 is 15.8 Å². The lowest BCUT2D eigenvalue weighted by Crippen LogP contribution is -2.21. The molecular weight excluding hydrogens is 228 g/mol. The van der Waals surface area contributed by atoms with Gasteiger partial charge in [-0.3, -0.25) is 4.79 Å². The Morgan fingerprint density at radius 2 is 1.94 bits per heavy atom. The van der Waals surface area contributed by atoms with Gasteiger partial charge in [0.15, 0.2) is 0 Å². The minimum Gasteiger partial charge on any atom is -0.493 e. The smallest absolute Gasteiger partial charge is 0.236 e. The molecule has 1 fully saturated rings. The first kappa shape index (κ1) is 12.7. The van der Waals surface area contributed by atoms with Crippen molar-refractivity contribution in [2.75, 3.05) is 18.5 Å². The standard InChI is InChI=1S/C14H20N2O2/c15-14(17)9-16-12-5-7-13(8-6-12)18-10-11-3-1-2-4-11/h5-8,11,16H,1-4,9-10H2,(H2,15,17). The van der Waals surface area contributed by atoms with Gasteiger partial charge in [-0.05, 0) is 43.0 Å². The van der Waals surface area contributed by atoms with Crippen LogP contribution in [0.1, 0.15) is 25.7 Å². The number of primary amides is 1. The fraction of sp³-hybridized carbons (Fsp3) is 0.500. The summed E-state index contributed by atoms with van der Waals surface area (Å²) in [7, 11) is 0.